The van der Waals surface area contributed by atoms with Gasteiger partial charge in [0, 0.05) is 28.0 Å². The van der Waals surface area contributed by atoms with Crippen molar-refractivity contribution in [1.82, 2.24) is 15.0 Å². The maximum Gasteiger partial charge on any atom is 0.354 e. The van der Waals surface area contributed by atoms with Gasteiger partial charge in [0.15, 0.2) is 11.5 Å². The Morgan fingerprint density at radius 2 is 1.86 bits per heavy atom. The molecule has 0 amide bonds. The van der Waals surface area contributed by atoms with Crippen molar-refractivity contribution in [2.24, 2.45) is 0 Å². The van der Waals surface area contributed by atoms with Crippen LogP contribution in [0.1, 0.15) is 17.4 Å². The van der Waals surface area contributed by atoms with E-state index in [1.807, 2.05) is 24.3 Å². The first-order valence-corrected chi connectivity index (χ1v) is 9.06. The predicted molar refractivity (Wildman–Crippen MR) is 110 cm³/mol. The molecule has 0 bridgehead atoms. The molecule has 0 unspecified atom stereocenters. The average molecular weight is 392 g/mol. The number of aromatic amines is 1. The van der Waals surface area contributed by atoms with E-state index < -0.39 is 0 Å². The van der Waals surface area contributed by atoms with Crippen molar-refractivity contribution < 1.29 is 19.0 Å². The Morgan fingerprint density at radius 1 is 1.07 bits per heavy atom. The monoisotopic (exact) mass is 392 g/mol. The van der Waals surface area contributed by atoms with Gasteiger partial charge in [-0.15, -0.1) is 0 Å². The summed E-state index contributed by atoms with van der Waals surface area (Å²) in [6.07, 6.45) is 1.49. The Kier molecular flexibility index (Phi) is 4.90. The molecule has 148 valence electrons. The number of methoxy groups -OCH3 is 2. The van der Waals surface area contributed by atoms with Crippen LogP contribution in [0, 0.1) is 0 Å². The zero-order chi connectivity index (χ0) is 20.4. The first-order chi connectivity index (χ1) is 14.1. The molecule has 0 saturated heterocycles. The third-order valence-corrected chi connectivity index (χ3v) is 4.52. The first-order valence-electron chi connectivity index (χ1n) is 9.06. The van der Waals surface area contributed by atoms with Crippen LogP contribution in [0.15, 0.2) is 42.7 Å². The van der Waals surface area contributed by atoms with Gasteiger partial charge in [-0.3, -0.25) is 0 Å². The van der Waals surface area contributed by atoms with Gasteiger partial charge in [-0.2, -0.15) is 0 Å². The number of carbonyl (C=O) groups excluding carboxylic acids is 1. The number of anilines is 2. The number of hydrogen-bond acceptors (Lipinski definition) is 7. The third-order valence-electron chi connectivity index (χ3n) is 4.52. The molecule has 4 aromatic rings. The maximum atomic E-state index is 11.9. The van der Waals surface area contributed by atoms with Gasteiger partial charge in [0.25, 0.3) is 0 Å². The SMILES string of the molecule is CCOC(=O)c1cc2ccc(Nc3ncnc4cc(OC)c(OC)cc34)cc2[nH]1. The summed E-state index contributed by atoms with van der Waals surface area (Å²) in [5, 5.41) is 5.02. The number of nitrogens with zero attached hydrogens (tertiary/aromatic N) is 2. The van der Waals surface area contributed by atoms with E-state index in [1.165, 1.54) is 6.33 Å². The third kappa shape index (κ3) is 3.52. The van der Waals surface area contributed by atoms with Gasteiger partial charge in [0.1, 0.15) is 17.8 Å². The number of hydrogen-bond donors (Lipinski definition) is 2. The quantitative estimate of drug-likeness (QED) is 0.478. The van der Waals surface area contributed by atoms with Gasteiger partial charge in [-0.1, -0.05) is 6.07 Å². The van der Waals surface area contributed by atoms with Gasteiger partial charge in [0.05, 0.1) is 26.3 Å². The molecule has 2 N–H and O–H groups in total. The molecule has 2 aromatic carbocycles. The van der Waals surface area contributed by atoms with Gasteiger partial charge in [0.2, 0.25) is 0 Å². The van der Waals surface area contributed by atoms with Gasteiger partial charge >= 0.3 is 5.97 Å². The summed E-state index contributed by atoms with van der Waals surface area (Å²) in [5.41, 5.74) is 2.77. The van der Waals surface area contributed by atoms with Crippen LogP contribution >= 0.6 is 0 Å². The summed E-state index contributed by atoms with van der Waals surface area (Å²) < 4.78 is 15.8. The fourth-order valence-corrected chi connectivity index (χ4v) is 3.14. The number of nitrogens with one attached hydrogen (secondary N) is 2. The number of aromatic nitrogens is 3. The molecule has 29 heavy (non-hydrogen) atoms. The van der Waals surface area contributed by atoms with E-state index in [9.17, 15) is 4.79 Å². The second kappa shape index (κ2) is 7.67. The summed E-state index contributed by atoms with van der Waals surface area (Å²) in [6, 6.07) is 11.2. The molecule has 2 heterocycles. The number of esters is 1. The summed E-state index contributed by atoms with van der Waals surface area (Å²) in [4.78, 5) is 23.7. The molecule has 0 spiro atoms. The number of benzene rings is 2. The minimum Gasteiger partial charge on any atom is -0.493 e. The van der Waals surface area contributed by atoms with Crippen LogP contribution in [0.3, 0.4) is 0 Å². The lowest BCUT2D eigenvalue weighted by Crippen LogP contribution is -2.04. The summed E-state index contributed by atoms with van der Waals surface area (Å²) >= 11 is 0. The number of carbonyl (C=O) groups is 1. The predicted octanol–water partition coefficient (Wildman–Crippen LogP) is 4.05. The zero-order valence-electron chi connectivity index (χ0n) is 16.3. The lowest BCUT2D eigenvalue weighted by molar-refractivity contribution is 0.0520. The molecule has 4 rings (SSSR count). The molecule has 0 aliphatic rings. The van der Waals surface area contributed by atoms with Crippen LogP contribution in [-0.4, -0.2) is 41.7 Å². The highest BCUT2D eigenvalue weighted by Crippen LogP contribution is 2.34. The minimum absolute atomic E-state index is 0.329. The highest BCUT2D eigenvalue weighted by Gasteiger charge is 2.13. The van der Waals surface area contributed by atoms with Crippen molar-refractivity contribution in [2.45, 2.75) is 6.92 Å². The van der Waals surface area contributed by atoms with Crippen LogP contribution in [0.4, 0.5) is 11.5 Å². The van der Waals surface area contributed by atoms with Crippen LogP contribution in [0.25, 0.3) is 21.8 Å². The molecular weight excluding hydrogens is 372 g/mol. The van der Waals surface area contributed by atoms with E-state index in [-0.39, 0.29) is 5.97 Å². The largest absolute Gasteiger partial charge is 0.493 e. The van der Waals surface area contributed by atoms with Crippen LogP contribution in [0.5, 0.6) is 11.5 Å². The smallest absolute Gasteiger partial charge is 0.354 e. The molecule has 2 aromatic heterocycles. The second-order valence-corrected chi connectivity index (χ2v) is 6.28. The van der Waals surface area contributed by atoms with Gasteiger partial charge < -0.3 is 24.5 Å². The number of fused-ring (bicyclic) bond motifs is 2. The van der Waals surface area contributed by atoms with E-state index in [2.05, 4.69) is 20.3 Å². The van der Waals surface area contributed by atoms with Crippen LogP contribution < -0.4 is 14.8 Å². The van der Waals surface area contributed by atoms with Crippen molar-refractivity contribution >= 4 is 39.3 Å². The van der Waals surface area contributed by atoms with Crippen molar-refractivity contribution in [2.75, 3.05) is 26.1 Å². The molecule has 0 fully saturated rings. The minimum atomic E-state index is -0.374. The molecular formula is C21H20N4O4. The van der Waals surface area contributed by atoms with Gasteiger partial charge in [-0.25, -0.2) is 14.8 Å². The van der Waals surface area contributed by atoms with E-state index in [4.69, 9.17) is 14.2 Å². The molecule has 0 saturated carbocycles. The highest BCUT2D eigenvalue weighted by molar-refractivity contribution is 5.97. The Morgan fingerprint density at radius 3 is 2.62 bits per heavy atom. The topological polar surface area (TPSA) is 98.4 Å². The van der Waals surface area contributed by atoms with E-state index in [0.29, 0.717) is 29.6 Å². The molecule has 8 nitrogen and oxygen atoms in total. The van der Waals surface area contributed by atoms with Crippen LogP contribution in [-0.2, 0) is 4.74 Å². The number of ether oxygens (including phenoxy) is 3. The molecule has 0 atom stereocenters. The van der Waals surface area contributed by atoms with E-state index >= 15 is 0 Å². The Bertz CT molecular complexity index is 1200. The highest BCUT2D eigenvalue weighted by atomic mass is 16.5. The summed E-state index contributed by atoms with van der Waals surface area (Å²) in [5.74, 6) is 1.45. The summed E-state index contributed by atoms with van der Waals surface area (Å²) in [7, 11) is 3.17. The number of H-pyrrole nitrogens is 1. The standard InChI is InChI=1S/C21H20N4O4/c1-4-29-21(26)17-7-12-5-6-13(8-15(12)25-17)24-20-14-9-18(27-2)19(28-3)10-16(14)22-11-23-20/h5-11,25H,4H2,1-3H3,(H,22,23,24). The molecule has 8 heteroatoms. The molecule has 0 aliphatic heterocycles. The van der Waals surface area contributed by atoms with Crippen LogP contribution in [0.2, 0.25) is 0 Å². The van der Waals surface area contributed by atoms with Crippen molar-refractivity contribution in [3.05, 3.63) is 48.4 Å². The maximum absolute atomic E-state index is 11.9. The zero-order valence-corrected chi connectivity index (χ0v) is 16.3. The fraction of sp³-hybridized carbons (Fsp3) is 0.190. The number of rotatable bonds is 6. The van der Waals surface area contributed by atoms with E-state index in [1.54, 1.807) is 33.3 Å². The fourth-order valence-electron chi connectivity index (χ4n) is 3.14. The first kappa shape index (κ1) is 18.5. The Hall–Kier alpha value is -3.81. The van der Waals surface area contributed by atoms with Crippen molar-refractivity contribution in [1.29, 1.82) is 0 Å². The van der Waals surface area contributed by atoms with E-state index in [0.717, 1.165) is 27.5 Å². The Balaban J connectivity index is 1.70. The average Bonchev–Trinajstić information content (AvgIpc) is 3.17. The van der Waals surface area contributed by atoms with Crippen molar-refractivity contribution in [3.63, 3.8) is 0 Å². The molecule has 0 radical (unpaired) electrons. The Labute approximate surface area is 166 Å². The van der Waals surface area contributed by atoms with Crippen molar-refractivity contribution in [3.8, 4) is 11.5 Å². The lowest BCUT2D eigenvalue weighted by atomic mass is 10.2. The normalized spacial score (nSPS) is 10.9. The second-order valence-electron chi connectivity index (χ2n) is 6.28. The van der Waals surface area contributed by atoms with Gasteiger partial charge in [-0.05, 0) is 31.2 Å². The lowest BCUT2D eigenvalue weighted by Gasteiger charge is -2.12. The summed E-state index contributed by atoms with van der Waals surface area (Å²) in [6.45, 7) is 2.11. The molecule has 0 aliphatic carbocycles.